The molecule has 1 saturated heterocycles. The number of likely N-dealkylation sites (N-methyl/N-ethyl adjacent to an activating group) is 1. The van der Waals surface area contributed by atoms with Gasteiger partial charge in [-0.1, -0.05) is 17.7 Å². The standard InChI is InChI=1S/C15H24N2/c1-4-17(12-15(3)10-5-11-16-15)14-8-6-13(2)7-9-14/h6-9,16H,4-5,10-12H2,1-3H3. The molecule has 94 valence electrons. The van der Waals surface area contributed by atoms with Crippen LogP contribution in [0.1, 0.15) is 32.3 Å². The molecule has 1 aliphatic rings. The molecule has 1 aromatic rings. The molecule has 17 heavy (non-hydrogen) atoms. The summed E-state index contributed by atoms with van der Waals surface area (Å²) >= 11 is 0. The highest BCUT2D eigenvalue weighted by molar-refractivity contribution is 5.47. The van der Waals surface area contributed by atoms with E-state index in [1.54, 1.807) is 0 Å². The molecule has 0 spiro atoms. The second kappa shape index (κ2) is 5.09. The van der Waals surface area contributed by atoms with Crippen LogP contribution in [0, 0.1) is 6.92 Å². The van der Waals surface area contributed by atoms with E-state index in [-0.39, 0.29) is 0 Å². The Bertz CT molecular complexity index is 350. The Morgan fingerprint density at radius 3 is 2.53 bits per heavy atom. The third kappa shape index (κ3) is 3.01. The van der Waals surface area contributed by atoms with E-state index in [9.17, 15) is 0 Å². The summed E-state index contributed by atoms with van der Waals surface area (Å²) < 4.78 is 0. The molecule has 1 heterocycles. The normalized spacial score (nSPS) is 23.9. The molecular weight excluding hydrogens is 208 g/mol. The van der Waals surface area contributed by atoms with E-state index < -0.39 is 0 Å². The van der Waals surface area contributed by atoms with Crippen molar-refractivity contribution in [1.29, 1.82) is 0 Å². The maximum absolute atomic E-state index is 3.64. The quantitative estimate of drug-likeness (QED) is 0.858. The molecule has 0 radical (unpaired) electrons. The van der Waals surface area contributed by atoms with Gasteiger partial charge in [-0.25, -0.2) is 0 Å². The van der Waals surface area contributed by atoms with Crippen LogP contribution in [0.25, 0.3) is 0 Å². The van der Waals surface area contributed by atoms with Crippen LogP contribution in [0.15, 0.2) is 24.3 Å². The smallest absolute Gasteiger partial charge is 0.0366 e. The molecule has 1 unspecified atom stereocenters. The van der Waals surface area contributed by atoms with Crippen molar-refractivity contribution in [3.63, 3.8) is 0 Å². The van der Waals surface area contributed by atoms with Crippen LogP contribution in [0.2, 0.25) is 0 Å². The van der Waals surface area contributed by atoms with Gasteiger partial charge in [0.2, 0.25) is 0 Å². The first-order valence-corrected chi connectivity index (χ1v) is 6.70. The molecule has 1 atom stereocenters. The van der Waals surface area contributed by atoms with Crippen LogP contribution in [-0.4, -0.2) is 25.2 Å². The van der Waals surface area contributed by atoms with Crippen LogP contribution in [0.3, 0.4) is 0 Å². The second-order valence-electron chi connectivity index (χ2n) is 5.44. The molecule has 0 bridgehead atoms. The summed E-state index contributed by atoms with van der Waals surface area (Å²) in [6.45, 7) is 10.1. The van der Waals surface area contributed by atoms with Gasteiger partial charge in [-0.05, 0) is 52.3 Å². The summed E-state index contributed by atoms with van der Waals surface area (Å²) in [5.41, 5.74) is 2.96. The third-order valence-electron chi connectivity index (χ3n) is 3.78. The summed E-state index contributed by atoms with van der Waals surface area (Å²) in [7, 11) is 0. The van der Waals surface area contributed by atoms with E-state index in [1.807, 2.05) is 0 Å². The van der Waals surface area contributed by atoms with E-state index >= 15 is 0 Å². The molecule has 0 aliphatic carbocycles. The number of nitrogens with zero attached hydrogens (tertiary/aromatic N) is 1. The SMILES string of the molecule is CCN(CC1(C)CCCN1)c1ccc(C)cc1. The predicted molar refractivity (Wildman–Crippen MR) is 74.7 cm³/mol. The Balaban J connectivity index is 2.08. The van der Waals surface area contributed by atoms with Crippen LogP contribution >= 0.6 is 0 Å². The lowest BCUT2D eigenvalue weighted by Gasteiger charge is -2.33. The van der Waals surface area contributed by atoms with Crippen LogP contribution in [-0.2, 0) is 0 Å². The average Bonchev–Trinajstić information content (AvgIpc) is 2.75. The fourth-order valence-corrected chi connectivity index (χ4v) is 2.65. The Labute approximate surface area is 105 Å². The average molecular weight is 232 g/mol. The minimum absolute atomic E-state index is 0.293. The minimum atomic E-state index is 0.293. The molecule has 0 amide bonds. The molecule has 1 N–H and O–H groups in total. The Kier molecular flexibility index (Phi) is 3.72. The van der Waals surface area contributed by atoms with Crippen LogP contribution in [0.4, 0.5) is 5.69 Å². The molecule has 2 heteroatoms. The molecule has 1 aliphatic heterocycles. The minimum Gasteiger partial charge on any atom is -0.370 e. The molecule has 2 nitrogen and oxygen atoms in total. The molecule has 2 rings (SSSR count). The van der Waals surface area contributed by atoms with Gasteiger partial charge in [0, 0.05) is 24.3 Å². The van der Waals surface area contributed by atoms with E-state index in [0.29, 0.717) is 5.54 Å². The zero-order valence-corrected chi connectivity index (χ0v) is 11.3. The van der Waals surface area contributed by atoms with E-state index in [4.69, 9.17) is 0 Å². The summed E-state index contributed by atoms with van der Waals surface area (Å²) in [5.74, 6) is 0. The highest BCUT2D eigenvalue weighted by atomic mass is 15.2. The number of aryl methyl sites for hydroxylation is 1. The van der Waals surface area contributed by atoms with Crippen molar-refractivity contribution in [3.8, 4) is 0 Å². The van der Waals surface area contributed by atoms with E-state index in [1.165, 1.54) is 30.6 Å². The Morgan fingerprint density at radius 2 is 2.00 bits per heavy atom. The van der Waals surface area contributed by atoms with Crippen LogP contribution < -0.4 is 10.2 Å². The molecular formula is C15H24N2. The van der Waals surface area contributed by atoms with Crippen molar-refractivity contribution in [1.82, 2.24) is 5.32 Å². The summed E-state index contributed by atoms with van der Waals surface area (Å²) in [4.78, 5) is 2.47. The van der Waals surface area contributed by atoms with Gasteiger partial charge in [0.1, 0.15) is 0 Å². The number of benzene rings is 1. The van der Waals surface area contributed by atoms with Crippen molar-refractivity contribution in [2.45, 2.75) is 39.2 Å². The molecule has 0 aromatic heterocycles. The zero-order valence-electron chi connectivity index (χ0n) is 11.3. The summed E-state index contributed by atoms with van der Waals surface area (Å²) in [5, 5.41) is 3.64. The third-order valence-corrected chi connectivity index (χ3v) is 3.78. The van der Waals surface area contributed by atoms with E-state index in [2.05, 4.69) is 55.3 Å². The van der Waals surface area contributed by atoms with Crippen molar-refractivity contribution in [3.05, 3.63) is 29.8 Å². The highest BCUT2D eigenvalue weighted by Gasteiger charge is 2.29. The lowest BCUT2D eigenvalue weighted by Crippen LogP contribution is -2.47. The van der Waals surface area contributed by atoms with Gasteiger partial charge < -0.3 is 10.2 Å². The van der Waals surface area contributed by atoms with Gasteiger partial charge in [0.25, 0.3) is 0 Å². The van der Waals surface area contributed by atoms with Gasteiger partial charge in [-0.2, -0.15) is 0 Å². The first kappa shape index (κ1) is 12.4. The topological polar surface area (TPSA) is 15.3 Å². The zero-order chi connectivity index (χ0) is 12.3. The lowest BCUT2D eigenvalue weighted by atomic mass is 9.99. The number of hydrogen-bond acceptors (Lipinski definition) is 2. The van der Waals surface area contributed by atoms with E-state index in [0.717, 1.165) is 13.1 Å². The van der Waals surface area contributed by atoms with Gasteiger partial charge in [-0.3, -0.25) is 0 Å². The van der Waals surface area contributed by atoms with Gasteiger partial charge in [-0.15, -0.1) is 0 Å². The lowest BCUT2D eigenvalue weighted by molar-refractivity contribution is 0.413. The van der Waals surface area contributed by atoms with Gasteiger partial charge in [0.15, 0.2) is 0 Å². The Morgan fingerprint density at radius 1 is 1.29 bits per heavy atom. The fraction of sp³-hybridized carbons (Fsp3) is 0.600. The Hall–Kier alpha value is -1.02. The summed E-state index contributed by atoms with van der Waals surface area (Å²) in [6.07, 6.45) is 2.59. The van der Waals surface area contributed by atoms with Crippen molar-refractivity contribution in [2.24, 2.45) is 0 Å². The number of nitrogens with one attached hydrogen (secondary N) is 1. The first-order valence-electron chi connectivity index (χ1n) is 6.70. The molecule has 1 fully saturated rings. The van der Waals surface area contributed by atoms with Crippen molar-refractivity contribution >= 4 is 5.69 Å². The van der Waals surface area contributed by atoms with Crippen LogP contribution in [0.5, 0.6) is 0 Å². The molecule has 0 saturated carbocycles. The predicted octanol–water partition coefficient (Wildman–Crippen LogP) is 2.96. The molecule has 1 aromatic carbocycles. The number of rotatable bonds is 4. The van der Waals surface area contributed by atoms with Gasteiger partial charge >= 0.3 is 0 Å². The van der Waals surface area contributed by atoms with Crippen molar-refractivity contribution in [2.75, 3.05) is 24.5 Å². The van der Waals surface area contributed by atoms with Crippen molar-refractivity contribution < 1.29 is 0 Å². The maximum atomic E-state index is 3.64. The summed E-state index contributed by atoms with van der Waals surface area (Å²) in [6, 6.07) is 8.86. The highest BCUT2D eigenvalue weighted by Crippen LogP contribution is 2.23. The monoisotopic (exact) mass is 232 g/mol. The van der Waals surface area contributed by atoms with Gasteiger partial charge in [0.05, 0.1) is 0 Å². The second-order valence-corrected chi connectivity index (χ2v) is 5.44. The maximum Gasteiger partial charge on any atom is 0.0366 e. The largest absolute Gasteiger partial charge is 0.370 e. The fourth-order valence-electron chi connectivity index (χ4n) is 2.65. The number of hydrogen-bond donors (Lipinski definition) is 1. The first-order chi connectivity index (χ1) is 8.13. The number of anilines is 1.